The third-order valence-electron chi connectivity index (χ3n) is 3.33. The Labute approximate surface area is 95.2 Å². The number of aliphatic carboxylic acids is 1. The molecule has 2 atom stereocenters. The Morgan fingerprint density at radius 1 is 1.31 bits per heavy atom. The maximum atomic E-state index is 11.7. The van der Waals surface area contributed by atoms with E-state index < -0.39 is 17.8 Å². The van der Waals surface area contributed by atoms with Crippen LogP contribution in [0.1, 0.15) is 26.7 Å². The van der Waals surface area contributed by atoms with E-state index in [-0.39, 0.29) is 18.1 Å². The Hall–Kier alpha value is -1.10. The summed E-state index contributed by atoms with van der Waals surface area (Å²) in [4.78, 5) is 22.4. The highest BCUT2D eigenvalue weighted by molar-refractivity contribution is 5.84. The minimum atomic E-state index is -0.939. The minimum Gasteiger partial charge on any atom is -0.481 e. The van der Waals surface area contributed by atoms with Crippen LogP contribution in [0.2, 0.25) is 0 Å². The molecule has 1 fully saturated rings. The normalized spacial score (nSPS) is 27.7. The third-order valence-corrected chi connectivity index (χ3v) is 3.33. The molecule has 1 amide bonds. The van der Waals surface area contributed by atoms with Crippen molar-refractivity contribution in [2.45, 2.75) is 38.8 Å². The van der Waals surface area contributed by atoms with Gasteiger partial charge in [0.25, 0.3) is 0 Å². The van der Waals surface area contributed by atoms with E-state index in [9.17, 15) is 9.59 Å². The first-order chi connectivity index (χ1) is 7.45. The van der Waals surface area contributed by atoms with Crippen molar-refractivity contribution in [3.63, 3.8) is 0 Å². The predicted octanol–water partition coefficient (Wildman–Crippen LogP) is 0.637. The average Bonchev–Trinajstić information content (AvgIpc) is 2.19. The third kappa shape index (κ3) is 2.95. The first-order valence-corrected chi connectivity index (χ1v) is 5.51. The molecule has 1 rings (SSSR count). The molecule has 1 aliphatic carbocycles. The number of carbonyl (C=O) groups is 2. The smallest absolute Gasteiger partial charge is 0.307 e. The first kappa shape index (κ1) is 13.0. The molecule has 0 radical (unpaired) electrons. The van der Waals surface area contributed by atoms with Gasteiger partial charge in [0.05, 0.1) is 12.0 Å². The fourth-order valence-electron chi connectivity index (χ4n) is 1.65. The Kier molecular flexibility index (Phi) is 4.29. The average molecular weight is 229 g/mol. The number of nitrogens with one attached hydrogen (secondary N) is 1. The lowest BCUT2D eigenvalue weighted by molar-refractivity contribution is -0.146. The quantitative estimate of drug-likeness (QED) is 0.725. The lowest BCUT2D eigenvalue weighted by Crippen LogP contribution is -2.49. The number of ether oxygens (including phenoxy) is 1. The number of methoxy groups -OCH3 is 1. The van der Waals surface area contributed by atoms with E-state index in [2.05, 4.69) is 5.32 Å². The fraction of sp³-hybridized carbons (Fsp3) is 0.818. The van der Waals surface area contributed by atoms with E-state index >= 15 is 0 Å². The van der Waals surface area contributed by atoms with Crippen molar-refractivity contribution >= 4 is 11.9 Å². The number of carboxylic acid groups (broad SMARTS) is 1. The summed E-state index contributed by atoms with van der Waals surface area (Å²) in [6, 6.07) is 0.140. The molecule has 0 aromatic carbocycles. The second-order valence-electron chi connectivity index (χ2n) is 4.45. The highest BCUT2D eigenvalue weighted by Crippen LogP contribution is 2.23. The number of carboxylic acids is 1. The van der Waals surface area contributed by atoms with Gasteiger partial charge in [-0.05, 0) is 12.8 Å². The Bertz CT molecular complexity index is 273. The van der Waals surface area contributed by atoms with E-state index in [1.807, 2.05) is 0 Å². The summed E-state index contributed by atoms with van der Waals surface area (Å²) in [7, 11) is 1.65. The fourth-order valence-corrected chi connectivity index (χ4v) is 1.65. The Morgan fingerprint density at radius 3 is 2.31 bits per heavy atom. The summed E-state index contributed by atoms with van der Waals surface area (Å²) in [6.07, 6.45) is 1.87. The predicted molar refractivity (Wildman–Crippen MR) is 57.9 cm³/mol. The van der Waals surface area contributed by atoms with Crippen molar-refractivity contribution < 1.29 is 19.4 Å². The molecule has 5 heteroatoms. The summed E-state index contributed by atoms with van der Waals surface area (Å²) in [6.45, 7) is 3.19. The second kappa shape index (κ2) is 5.30. The maximum absolute atomic E-state index is 11.7. The van der Waals surface area contributed by atoms with Gasteiger partial charge in [0, 0.05) is 19.1 Å². The molecule has 92 valence electrons. The van der Waals surface area contributed by atoms with Gasteiger partial charge in [0.2, 0.25) is 5.91 Å². The molecule has 5 nitrogen and oxygen atoms in total. The topological polar surface area (TPSA) is 75.6 Å². The van der Waals surface area contributed by atoms with Crippen LogP contribution >= 0.6 is 0 Å². The Balaban J connectivity index is 2.33. The van der Waals surface area contributed by atoms with Crippen LogP contribution in [-0.4, -0.2) is 36.2 Å². The van der Waals surface area contributed by atoms with Gasteiger partial charge >= 0.3 is 5.97 Å². The van der Waals surface area contributed by atoms with Crippen molar-refractivity contribution in [3.05, 3.63) is 0 Å². The van der Waals surface area contributed by atoms with Crippen molar-refractivity contribution in [3.8, 4) is 0 Å². The number of carbonyl (C=O) groups excluding carboxylic acids is 1. The molecular weight excluding hydrogens is 210 g/mol. The zero-order valence-electron chi connectivity index (χ0n) is 9.90. The van der Waals surface area contributed by atoms with Gasteiger partial charge in [-0.15, -0.1) is 0 Å². The van der Waals surface area contributed by atoms with Gasteiger partial charge in [0.1, 0.15) is 0 Å². The number of rotatable bonds is 5. The summed E-state index contributed by atoms with van der Waals surface area (Å²) in [5, 5.41) is 11.6. The van der Waals surface area contributed by atoms with Crippen molar-refractivity contribution in [1.82, 2.24) is 5.32 Å². The highest BCUT2D eigenvalue weighted by atomic mass is 16.5. The summed E-state index contributed by atoms with van der Waals surface area (Å²) in [5.74, 6) is -2.28. The molecule has 0 bridgehead atoms. The van der Waals surface area contributed by atoms with E-state index in [4.69, 9.17) is 9.84 Å². The van der Waals surface area contributed by atoms with Crippen LogP contribution in [0.15, 0.2) is 0 Å². The molecule has 0 aliphatic heterocycles. The molecule has 2 unspecified atom stereocenters. The number of amides is 1. The van der Waals surface area contributed by atoms with Crippen LogP contribution in [0.5, 0.6) is 0 Å². The maximum Gasteiger partial charge on any atom is 0.307 e. The largest absolute Gasteiger partial charge is 0.481 e. The summed E-state index contributed by atoms with van der Waals surface area (Å²) < 4.78 is 5.10. The molecular formula is C11H19NO4. The molecule has 16 heavy (non-hydrogen) atoms. The monoisotopic (exact) mass is 229 g/mol. The number of hydrogen-bond donors (Lipinski definition) is 2. The lowest BCUT2D eigenvalue weighted by atomic mass is 9.87. The minimum absolute atomic E-state index is 0.140. The lowest BCUT2D eigenvalue weighted by Gasteiger charge is -2.35. The van der Waals surface area contributed by atoms with E-state index in [1.165, 1.54) is 0 Å². The van der Waals surface area contributed by atoms with E-state index in [0.717, 1.165) is 12.8 Å². The molecule has 0 saturated heterocycles. The van der Waals surface area contributed by atoms with E-state index in [1.54, 1.807) is 21.0 Å². The van der Waals surface area contributed by atoms with Crippen molar-refractivity contribution in [2.24, 2.45) is 11.8 Å². The molecule has 0 heterocycles. The van der Waals surface area contributed by atoms with Gasteiger partial charge in [-0.3, -0.25) is 9.59 Å². The Morgan fingerprint density at radius 2 is 1.88 bits per heavy atom. The zero-order chi connectivity index (χ0) is 12.3. The molecule has 2 N–H and O–H groups in total. The summed E-state index contributed by atoms with van der Waals surface area (Å²) >= 11 is 0. The van der Waals surface area contributed by atoms with Crippen LogP contribution in [0.4, 0.5) is 0 Å². The second-order valence-corrected chi connectivity index (χ2v) is 4.45. The summed E-state index contributed by atoms with van der Waals surface area (Å²) in [5.41, 5.74) is 0. The molecule has 0 aromatic heterocycles. The van der Waals surface area contributed by atoms with Crippen LogP contribution in [0.25, 0.3) is 0 Å². The molecule has 1 aliphatic rings. The van der Waals surface area contributed by atoms with E-state index in [0.29, 0.717) is 0 Å². The van der Waals surface area contributed by atoms with Gasteiger partial charge in [-0.1, -0.05) is 13.8 Å². The number of hydrogen-bond acceptors (Lipinski definition) is 3. The zero-order valence-corrected chi connectivity index (χ0v) is 9.90. The van der Waals surface area contributed by atoms with Crippen LogP contribution < -0.4 is 5.32 Å². The molecule has 1 saturated carbocycles. The van der Waals surface area contributed by atoms with Crippen molar-refractivity contribution in [1.29, 1.82) is 0 Å². The molecule has 0 aromatic rings. The van der Waals surface area contributed by atoms with Gasteiger partial charge in [0.15, 0.2) is 0 Å². The van der Waals surface area contributed by atoms with Gasteiger partial charge in [-0.25, -0.2) is 0 Å². The van der Waals surface area contributed by atoms with Gasteiger partial charge in [-0.2, -0.15) is 0 Å². The first-order valence-electron chi connectivity index (χ1n) is 5.51. The van der Waals surface area contributed by atoms with Gasteiger partial charge < -0.3 is 15.2 Å². The van der Waals surface area contributed by atoms with Crippen LogP contribution in [-0.2, 0) is 14.3 Å². The molecule has 0 spiro atoms. The highest BCUT2D eigenvalue weighted by Gasteiger charge is 2.33. The van der Waals surface area contributed by atoms with Crippen LogP contribution in [0.3, 0.4) is 0 Å². The standard InChI is InChI=1S/C11H19NO4/c1-6(7(2)11(14)15)10(13)12-8-4-9(5-8)16-3/h6-9H,4-5H2,1-3H3,(H,12,13)(H,14,15). The van der Waals surface area contributed by atoms with Crippen molar-refractivity contribution in [2.75, 3.05) is 7.11 Å². The SMILES string of the molecule is COC1CC(NC(=O)C(C)C(C)C(=O)O)C1. The van der Waals surface area contributed by atoms with Crippen LogP contribution in [0, 0.1) is 11.8 Å².